The second-order valence-electron chi connectivity index (χ2n) is 5.33. The van der Waals surface area contributed by atoms with Crippen LogP contribution in [-0.2, 0) is 14.6 Å². The lowest BCUT2D eigenvalue weighted by Gasteiger charge is -2.24. The fourth-order valence-electron chi connectivity index (χ4n) is 2.49. The predicted octanol–water partition coefficient (Wildman–Crippen LogP) is 2.33. The van der Waals surface area contributed by atoms with Crippen LogP contribution in [0.4, 0.5) is 11.4 Å². The van der Waals surface area contributed by atoms with Gasteiger partial charge in [-0.25, -0.2) is 8.42 Å². The number of hydrogen-bond acceptors (Lipinski definition) is 5. The molecule has 5 nitrogen and oxygen atoms in total. The Morgan fingerprint density at radius 1 is 1.09 bits per heavy atom. The molecule has 0 saturated carbocycles. The molecular formula is C17H19N2O3S. The molecule has 121 valence electrons. The van der Waals surface area contributed by atoms with Crippen LogP contribution in [0.5, 0.6) is 0 Å². The van der Waals surface area contributed by atoms with Gasteiger partial charge in [0.25, 0.3) is 0 Å². The fraction of sp³-hybridized carbons (Fsp3) is 0.235. The monoisotopic (exact) mass is 331 g/mol. The standard InChI is InChI=1S/C17H19N2O3S/c1-13-6-2-3-7-14(13)19-15-8-4-5-9-16(15)23(20,21)17-12-18-10-11-22-17/h2-9,17-19H,1,10-12H2. The summed E-state index contributed by atoms with van der Waals surface area (Å²) in [5.41, 5.74) is 1.24. The maximum Gasteiger partial charge on any atom is 0.208 e. The van der Waals surface area contributed by atoms with E-state index < -0.39 is 15.3 Å². The second-order valence-corrected chi connectivity index (χ2v) is 7.38. The highest BCUT2D eigenvalue weighted by molar-refractivity contribution is 7.92. The molecule has 1 heterocycles. The van der Waals surface area contributed by atoms with E-state index in [1.807, 2.05) is 24.3 Å². The van der Waals surface area contributed by atoms with Crippen LogP contribution in [-0.4, -0.2) is 33.6 Å². The van der Waals surface area contributed by atoms with Gasteiger partial charge in [-0.15, -0.1) is 0 Å². The zero-order valence-electron chi connectivity index (χ0n) is 12.7. The smallest absolute Gasteiger partial charge is 0.208 e. The van der Waals surface area contributed by atoms with Crippen LogP contribution in [0.25, 0.3) is 0 Å². The molecule has 1 unspecified atom stereocenters. The van der Waals surface area contributed by atoms with Gasteiger partial charge in [0, 0.05) is 18.8 Å². The summed E-state index contributed by atoms with van der Waals surface area (Å²) in [6.07, 6.45) is 0. The van der Waals surface area contributed by atoms with E-state index in [0.29, 0.717) is 25.4 Å². The van der Waals surface area contributed by atoms with E-state index in [4.69, 9.17) is 4.74 Å². The molecule has 0 spiro atoms. The van der Waals surface area contributed by atoms with E-state index in [2.05, 4.69) is 17.6 Å². The number of anilines is 2. The molecule has 0 bridgehead atoms. The van der Waals surface area contributed by atoms with E-state index >= 15 is 0 Å². The highest BCUT2D eigenvalue weighted by atomic mass is 32.2. The Morgan fingerprint density at radius 2 is 1.78 bits per heavy atom. The number of ether oxygens (including phenoxy) is 1. The van der Waals surface area contributed by atoms with Gasteiger partial charge in [0.05, 0.1) is 17.2 Å². The van der Waals surface area contributed by atoms with E-state index in [1.54, 1.807) is 24.3 Å². The molecule has 2 N–H and O–H groups in total. The molecule has 1 saturated heterocycles. The van der Waals surface area contributed by atoms with Gasteiger partial charge >= 0.3 is 0 Å². The lowest BCUT2D eigenvalue weighted by Crippen LogP contribution is -2.43. The Balaban J connectivity index is 1.96. The Bertz CT molecular complexity index is 784. The van der Waals surface area contributed by atoms with Crippen molar-refractivity contribution in [3.63, 3.8) is 0 Å². The molecule has 2 aromatic carbocycles. The second kappa shape index (κ2) is 6.70. The molecule has 1 radical (unpaired) electrons. The molecule has 23 heavy (non-hydrogen) atoms. The molecule has 0 aromatic heterocycles. The number of benzene rings is 2. The van der Waals surface area contributed by atoms with Crippen LogP contribution in [0.3, 0.4) is 0 Å². The van der Waals surface area contributed by atoms with E-state index in [1.165, 1.54) is 0 Å². The molecule has 2 aromatic rings. The summed E-state index contributed by atoms with van der Waals surface area (Å²) in [6, 6.07) is 14.4. The number of para-hydroxylation sites is 2. The van der Waals surface area contributed by atoms with Crippen molar-refractivity contribution in [1.82, 2.24) is 5.32 Å². The molecule has 0 amide bonds. The van der Waals surface area contributed by atoms with Crippen molar-refractivity contribution in [3.05, 3.63) is 61.0 Å². The minimum absolute atomic E-state index is 0.233. The SMILES string of the molecule is [CH2]c1ccccc1Nc1ccccc1S(=O)(=O)C1CNCCO1. The van der Waals surface area contributed by atoms with Gasteiger partial charge in [-0.2, -0.15) is 0 Å². The maximum atomic E-state index is 12.9. The van der Waals surface area contributed by atoms with Crippen molar-refractivity contribution in [2.75, 3.05) is 25.0 Å². The topological polar surface area (TPSA) is 67.4 Å². The van der Waals surface area contributed by atoms with Gasteiger partial charge in [0.15, 0.2) is 5.44 Å². The molecule has 1 fully saturated rings. The lowest BCUT2D eigenvalue weighted by atomic mass is 10.2. The summed E-state index contributed by atoms with van der Waals surface area (Å²) in [5, 5.41) is 6.22. The van der Waals surface area contributed by atoms with E-state index in [-0.39, 0.29) is 4.90 Å². The number of rotatable bonds is 4. The average Bonchev–Trinajstić information content (AvgIpc) is 2.58. The third-order valence-corrected chi connectivity index (χ3v) is 5.68. The largest absolute Gasteiger partial charge is 0.359 e. The van der Waals surface area contributed by atoms with Gasteiger partial charge in [-0.1, -0.05) is 30.3 Å². The first-order chi connectivity index (χ1) is 11.1. The Morgan fingerprint density at radius 3 is 2.48 bits per heavy atom. The minimum atomic E-state index is -3.59. The summed E-state index contributed by atoms with van der Waals surface area (Å²) in [6.45, 7) is 5.30. The van der Waals surface area contributed by atoms with Crippen molar-refractivity contribution in [2.24, 2.45) is 0 Å². The van der Waals surface area contributed by atoms with Crippen LogP contribution in [0, 0.1) is 6.92 Å². The molecule has 1 aliphatic heterocycles. The third-order valence-electron chi connectivity index (χ3n) is 3.72. The number of hydrogen-bond donors (Lipinski definition) is 2. The van der Waals surface area contributed by atoms with Crippen LogP contribution >= 0.6 is 0 Å². The zero-order valence-corrected chi connectivity index (χ0v) is 13.5. The molecule has 3 rings (SSSR count). The van der Waals surface area contributed by atoms with Gasteiger partial charge in [-0.05, 0) is 30.7 Å². The first kappa shape index (κ1) is 16.0. The first-order valence-corrected chi connectivity index (χ1v) is 8.97. The van der Waals surface area contributed by atoms with Gasteiger partial charge < -0.3 is 15.4 Å². The first-order valence-electron chi connectivity index (χ1n) is 7.42. The summed E-state index contributed by atoms with van der Waals surface area (Å²) < 4.78 is 31.2. The summed E-state index contributed by atoms with van der Waals surface area (Å²) in [4.78, 5) is 0.233. The lowest BCUT2D eigenvalue weighted by molar-refractivity contribution is 0.0785. The van der Waals surface area contributed by atoms with E-state index in [0.717, 1.165) is 11.3 Å². The molecule has 1 aliphatic rings. The van der Waals surface area contributed by atoms with Crippen LogP contribution < -0.4 is 10.6 Å². The van der Waals surface area contributed by atoms with Crippen molar-refractivity contribution < 1.29 is 13.2 Å². The normalized spacial score (nSPS) is 18.6. The summed E-state index contributed by atoms with van der Waals surface area (Å²) in [7, 11) is -3.59. The Kier molecular flexibility index (Phi) is 4.66. The van der Waals surface area contributed by atoms with Crippen molar-refractivity contribution in [1.29, 1.82) is 0 Å². The number of morpholine rings is 1. The third kappa shape index (κ3) is 3.39. The molecular weight excluding hydrogens is 312 g/mol. The quantitative estimate of drug-likeness (QED) is 0.900. The summed E-state index contributed by atoms with van der Waals surface area (Å²) >= 11 is 0. The van der Waals surface area contributed by atoms with Gasteiger partial charge in [0.2, 0.25) is 9.84 Å². The zero-order chi connectivity index (χ0) is 16.3. The Labute approximate surface area is 136 Å². The minimum Gasteiger partial charge on any atom is -0.359 e. The Hall–Kier alpha value is -1.89. The summed E-state index contributed by atoms with van der Waals surface area (Å²) in [5.74, 6) is 0. The van der Waals surface area contributed by atoms with Crippen molar-refractivity contribution in [2.45, 2.75) is 10.3 Å². The highest BCUT2D eigenvalue weighted by Gasteiger charge is 2.31. The molecule has 6 heteroatoms. The molecule has 1 atom stereocenters. The van der Waals surface area contributed by atoms with Crippen LogP contribution in [0.15, 0.2) is 53.4 Å². The predicted molar refractivity (Wildman–Crippen MR) is 90.4 cm³/mol. The number of sulfone groups is 1. The van der Waals surface area contributed by atoms with Crippen LogP contribution in [0.1, 0.15) is 5.56 Å². The number of nitrogens with one attached hydrogen (secondary N) is 2. The van der Waals surface area contributed by atoms with E-state index in [9.17, 15) is 8.42 Å². The van der Waals surface area contributed by atoms with Crippen molar-refractivity contribution in [3.8, 4) is 0 Å². The average molecular weight is 331 g/mol. The molecule has 0 aliphatic carbocycles. The van der Waals surface area contributed by atoms with Gasteiger partial charge in [0.1, 0.15) is 0 Å². The highest BCUT2D eigenvalue weighted by Crippen LogP contribution is 2.29. The maximum absolute atomic E-state index is 12.9. The fourth-order valence-corrected chi connectivity index (χ4v) is 4.08. The van der Waals surface area contributed by atoms with Crippen LogP contribution in [0.2, 0.25) is 0 Å². The van der Waals surface area contributed by atoms with Crippen molar-refractivity contribution >= 4 is 21.2 Å². The van der Waals surface area contributed by atoms with Gasteiger partial charge in [-0.3, -0.25) is 0 Å².